The Hall–Kier alpha value is -2.44. The fourth-order valence-electron chi connectivity index (χ4n) is 3.19. The molecule has 1 saturated heterocycles. The molecule has 7 heteroatoms. The summed E-state index contributed by atoms with van der Waals surface area (Å²) in [6.45, 7) is 1.84. The predicted molar refractivity (Wildman–Crippen MR) is 88.4 cm³/mol. The first-order valence-electron chi connectivity index (χ1n) is 8.46. The van der Waals surface area contributed by atoms with Crippen LogP contribution < -0.4 is 4.90 Å². The number of anilines is 1. The Kier molecular flexibility index (Phi) is 4.74. The zero-order valence-electron chi connectivity index (χ0n) is 14.0. The molecule has 1 aromatic carbocycles. The molecule has 1 N–H and O–H groups in total. The number of amides is 2. The summed E-state index contributed by atoms with van der Waals surface area (Å²) in [6.07, 6.45) is 1.74. The lowest BCUT2D eigenvalue weighted by atomic mass is 10.1. The van der Waals surface area contributed by atoms with Gasteiger partial charge in [0.2, 0.25) is 11.8 Å². The van der Waals surface area contributed by atoms with Gasteiger partial charge in [-0.3, -0.25) is 14.4 Å². The fraction of sp³-hybridized carbons (Fsp3) is 0.500. The van der Waals surface area contributed by atoms with Crippen molar-refractivity contribution in [2.75, 3.05) is 18.0 Å². The molecule has 0 bridgehead atoms. The maximum Gasteiger partial charge on any atom is 0.308 e. The summed E-state index contributed by atoms with van der Waals surface area (Å²) in [5.41, 5.74) is 0.180. The van der Waals surface area contributed by atoms with E-state index in [0.29, 0.717) is 0 Å². The van der Waals surface area contributed by atoms with Gasteiger partial charge in [-0.2, -0.15) is 0 Å². The Labute approximate surface area is 145 Å². The number of hydrogen-bond donors (Lipinski definition) is 1. The van der Waals surface area contributed by atoms with Gasteiger partial charge in [0.25, 0.3) is 0 Å². The van der Waals surface area contributed by atoms with Crippen molar-refractivity contribution in [3.05, 3.63) is 30.1 Å². The van der Waals surface area contributed by atoms with Crippen LogP contribution in [0.25, 0.3) is 0 Å². The average Bonchev–Trinajstić information content (AvgIpc) is 3.34. The van der Waals surface area contributed by atoms with Gasteiger partial charge in [-0.05, 0) is 25.0 Å². The molecule has 0 radical (unpaired) electrons. The van der Waals surface area contributed by atoms with E-state index in [9.17, 15) is 18.8 Å². The molecule has 1 aliphatic carbocycles. The first-order chi connectivity index (χ1) is 11.9. The third-order valence-electron chi connectivity index (χ3n) is 4.78. The number of halogens is 1. The molecule has 25 heavy (non-hydrogen) atoms. The van der Waals surface area contributed by atoms with Gasteiger partial charge >= 0.3 is 5.97 Å². The predicted octanol–water partition coefficient (Wildman–Crippen LogP) is 1.89. The number of carbonyl (C=O) groups is 3. The van der Waals surface area contributed by atoms with Gasteiger partial charge in [-0.15, -0.1) is 0 Å². The highest BCUT2D eigenvalue weighted by Crippen LogP contribution is 2.33. The lowest BCUT2D eigenvalue weighted by Gasteiger charge is -2.27. The number of benzene rings is 1. The normalized spacial score (nSPS) is 21.3. The highest BCUT2D eigenvalue weighted by atomic mass is 19.1. The highest BCUT2D eigenvalue weighted by Gasteiger charge is 2.42. The molecule has 1 aromatic rings. The Bertz CT molecular complexity index is 704. The second-order valence-electron chi connectivity index (χ2n) is 6.82. The van der Waals surface area contributed by atoms with Crippen molar-refractivity contribution in [2.24, 2.45) is 11.8 Å². The molecule has 6 nitrogen and oxygen atoms in total. The number of para-hydroxylation sites is 1. The van der Waals surface area contributed by atoms with E-state index in [1.165, 1.54) is 17.0 Å². The summed E-state index contributed by atoms with van der Waals surface area (Å²) in [6, 6.07) is 6.05. The van der Waals surface area contributed by atoms with Gasteiger partial charge in [0.15, 0.2) is 0 Å². The second-order valence-corrected chi connectivity index (χ2v) is 6.82. The van der Waals surface area contributed by atoms with Crippen molar-refractivity contribution in [3.8, 4) is 0 Å². The molecule has 134 valence electrons. The van der Waals surface area contributed by atoms with E-state index >= 15 is 0 Å². The largest absolute Gasteiger partial charge is 0.481 e. The summed E-state index contributed by atoms with van der Waals surface area (Å²) in [4.78, 5) is 39.1. The number of carboxylic acid groups (broad SMARTS) is 1. The molecule has 2 atom stereocenters. The van der Waals surface area contributed by atoms with Crippen molar-refractivity contribution in [2.45, 2.75) is 32.2 Å². The summed E-state index contributed by atoms with van der Waals surface area (Å²) in [5.74, 6) is -3.16. The maximum atomic E-state index is 13.9. The minimum Gasteiger partial charge on any atom is -0.481 e. The van der Waals surface area contributed by atoms with E-state index in [0.717, 1.165) is 12.8 Å². The van der Waals surface area contributed by atoms with Crippen LogP contribution in [0.5, 0.6) is 0 Å². The van der Waals surface area contributed by atoms with Crippen LogP contribution in [0.1, 0.15) is 26.2 Å². The van der Waals surface area contributed by atoms with Gasteiger partial charge in [0.1, 0.15) is 5.82 Å². The van der Waals surface area contributed by atoms with Crippen molar-refractivity contribution < 1.29 is 23.9 Å². The first kappa shape index (κ1) is 17.4. The molecular formula is C18H21FN2O4. The average molecular weight is 348 g/mol. The third-order valence-corrected chi connectivity index (χ3v) is 4.78. The Morgan fingerprint density at radius 3 is 2.64 bits per heavy atom. The molecule has 1 aliphatic heterocycles. The first-order valence-corrected chi connectivity index (χ1v) is 8.46. The number of hydrogen-bond acceptors (Lipinski definition) is 3. The number of carbonyl (C=O) groups excluding carboxylic acids is 2. The maximum absolute atomic E-state index is 13.9. The van der Waals surface area contributed by atoms with Crippen LogP contribution in [0.3, 0.4) is 0 Å². The lowest BCUT2D eigenvalue weighted by Crippen LogP contribution is -2.42. The molecular weight excluding hydrogens is 327 g/mol. The quantitative estimate of drug-likeness (QED) is 0.852. The van der Waals surface area contributed by atoms with Gasteiger partial charge < -0.3 is 14.9 Å². The highest BCUT2D eigenvalue weighted by molar-refractivity contribution is 6.00. The fourth-order valence-corrected chi connectivity index (χ4v) is 3.19. The van der Waals surface area contributed by atoms with E-state index in [1.807, 2.05) is 0 Å². The van der Waals surface area contributed by atoms with Gasteiger partial charge in [0, 0.05) is 25.6 Å². The van der Waals surface area contributed by atoms with Crippen molar-refractivity contribution in [3.63, 3.8) is 0 Å². The zero-order chi connectivity index (χ0) is 18.1. The summed E-state index contributed by atoms with van der Waals surface area (Å²) in [5, 5.41) is 9.10. The lowest BCUT2D eigenvalue weighted by molar-refractivity contribution is -0.144. The Balaban J connectivity index is 1.73. The third kappa shape index (κ3) is 3.65. The van der Waals surface area contributed by atoms with E-state index in [1.54, 1.807) is 24.0 Å². The molecule has 2 amide bonds. The van der Waals surface area contributed by atoms with Crippen LogP contribution in [0.2, 0.25) is 0 Å². The zero-order valence-corrected chi connectivity index (χ0v) is 14.0. The van der Waals surface area contributed by atoms with E-state index in [4.69, 9.17) is 5.11 Å². The van der Waals surface area contributed by atoms with Crippen LogP contribution >= 0.6 is 0 Å². The van der Waals surface area contributed by atoms with Gasteiger partial charge in [0.05, 0.1) is 17.5 Å². The van der Waals surface area contributed by atoms with E-state index in [2.05, 4.69) is 0 Å². The summed E-state index contributed by atoms with van der Waals surface area (Å²) >= 11 is 0. The molecule has 1 saturated carbocycles. The molecule has 2 unspecified atom stereocenters. The van der Waals surface area contributed by atoms with Crippen molar-refractivity contribution in [1.29, 1.82) is 0 Å². The van der Waals surface area contributed by atoms with Crippen LogP contribution in [-0.2, 0) is 14.4 Å². The smallest absolute Gasteiger partial charge is 0.308 e. The summed E-state index contributed by atoms with van der Waals surface area (Å²) in [7, 11) is 0. The van der Waals surface area contributed by atoms with Crippen LogP contribution in [0, 0.1) is 17.7 Å². The molecule has 0 aromatic heterocycles. The molecule has 1 heterocycles. The molecule has 2 fully saturated rings. The van der Waals surface area contributed by atoms with Gasteiger partial charge in [-0.1, -0.05) is 19.1 Å². The topological polar surface area (TPSA) is 77.9 Å². The number of rotatable bonds is 6. The molecule has 2 aliphatic rings. The summed E-state index contributed by atoms with van der Waals surface area (Å²) < 4.78 is 13.9. The van der Waals surface area contributed by atoms with Gasteiger partial charge in [-0.25, -0.2) is 4.39 Å². The molecule has 3 rings (SSSR count). The van der Waals surface area contributed by atoms with E-state index in [-0.39, 0.29) is 43.1 Å². The van der Waals surface area contributed by atoms with Crippen molar-refractivity contribution in [1.82, 2.24) is 4.90 Å². The second kappa shape index (κ2) is 6.82. The molecule has 0 spiro atoms. The van der Waals surface area contributed by atoms with Crippen LogP contribution in [-0.4, -0.2) is 46.9 Å². The number of nitrogens with zero attached hydrogens (tertiary/aromatic N) is 2. The van der Waals surface area contributed by atoms with E-state index < -0.39 is 23.6 Å². The Morgan fingerprint density at radius 2 is 2.04 bits per heavy atom. The minimum atomic E-state index is -0.950. The Morgan fingerprint density at radius 1 is 1.36 bits per heavy atom. The van der Waals surface area contributed by atoms with Crippen LogP contribution in [0.15, 0.2) is 24.3 Å². The number of carboxylic acids is 1. The van der Waals surface area contributed by atoms with Crippen molar-refractivity contribution >= 4 is 23.5 Å². The minimum absolute atomic E-state index is 0.0256. The standard InChI is InChI=1S/C18H21FN2O4/c1-11(18(24)25)9-20(13-6-7-13)17(23)12-8-16(22)21(10-12)15-5-3-2-4-14(15)19/h2-5,11-13H,6-10H2,1H3,(H,24,25). The number of aliphatic carboxylic acids is 1. The SMILES string of the molecule is CC(CN(C(=O)C1CC(=O)N(c2ccccc2F)C1)C1CC1)C(=O)O. The monoisotopic (exact) mass is 348 g/mol. The van der Waals surface area contributed by atoms with Crippen LogP contribution in [0.4, 0.5) is 10.1 Å².